The van der Waals surface area contributed by atoms with Gasteiger partial charge in [0.25, 0.3) is 0 Å². The van der Waals surface area contributed by atoms with E-state index in [0.29, 0.717) is 29.7 Å². The van der Waals surface area contributed by atoms with Crippen molar-refractivity contribution in [2.75, 3.05) is 14.2 Å². The Morgan fingerprint density at radius 2 is 1.79 bits per heavy atom. The molecule has 0 heterocycles. The van der Waals surface area contributed by atoms with Gasteiger partial charge in [0.1, 0.15) is 22.9 Å². The minimum atomic E-state index is -1.20. The zero-order valence-electron chi connectivity index (χ0n) is 16.2. The molecular weight excluding hydrogens is 363 g/mol. The van der Waals surface area contributed by atoms with Crippen LogP contribution in [0.1, 0.15) is 45.2 Å². The van der Waals surface area contributed by atoms with E-state index in [1.807, 2.05) is 6.92 Å². The van der Waals surface area contributed by atoms with E-state index in [0.717, 1.165) is 5.57 Å². The summed E-state index contributed by atoms with van der Waals surface area (Å²) in [5.74, 6) is -1.35. The molecule has 0 spiro atoms. The van der Waals surface area contributed by atoms with Crippen LogP contribution >= 0.6 is 0 Å². The fraction of sp³-hybridized carbons (Fsp3) is 0.273. The molecule has 0 aliphatic rings. The van der Waals surface area contributed by atoms with Crippen molar-refractivity contribution in [2.45, 2.75) is 26.2 Å². The highest BCUT2D eigenvalue weighted by Crippen LogP contribution is 2.37. The van der Waals surface area contributed by atoms with Crippen LogP contribution in [-0.2, 0) is 12.8 Å². The Bertz CT molecular complexity index is 900. The maximum atomic E-state index is 13.1. The van der Waals surface area contributed by atoms with Crippen LogP contribution in [0.2, 0.25) is 0 Å². The normalized spacial score (nSPS) is 10.4. The van der Waals surface area contributed by atoms with Crippen molar-refractivity contribution in [2.24, 2.45) is 0 Å². The minimum Gasteiger partial charge on any atom is -0.496 e. The summed E-state index contributed by atoms with van der Waals surface area (Å²) >= 11 is 0. The van der Waals surface area contributed by atoms with Crippen LogP contribution < -0.4 is 9.47 Å². The van der Waals surface area contributed by atoms with E-state index in [1.54, 1.807) is 6.07 Å². The standard InChI is InChI=1S/C22H23FO5/c1-13(2)5-10-17-19(27-3)12-15(20(22(25)26)21(17)28-4)11-18(24)14-6-8-16(23)9-7-14/h6-9,12H,1,5,10-11H2,2-4H3,(H,25,26). The van der Waals surface area contributed by atoms with Gasteiger partial charge in [-0.05, 0) is 55.7 Å². The van der Waals surface area contributed by atoms with E-state index < -0.39 is 11.8 Å². The van der Waals surface area contributed by atoms with E-state index in [-0.39, 0.29) is 29.1 Å². The van der Waals surface area contributed by atoms with Gasteiger partial charge in [-0.1, -0.05) is 5.57 Å². The molecule has 28 heavy (non-hydrogen) atoms. The summed E-state index contributed by atoms with van der Waals surface area (Å²) in [5, 5.41) is 9.76. The Morgan fingerprint density at radius 1 is 1.14 bits per heavy atom. The van der Waals surface area contributed by atoms with Crippen LogP contribution in [0.4, 0.5) is 4.39 Å². The lowest BCUT2D eigenvalue weighted by molar-refractivity contribution is 0.0692. The number of carbonyl (C=O) groups is 2. The maximum Gasteiger partial charge on any atom is 0.339 e. The fourth-order valence-corrected chi connectivity index (χ4v) is 2.99. The zero-order valence-corrected chi connectivity index (χ0v) is 16.2. The first-order valence-corrected chi connectivity index (χ1v) is 8.71. The molecule has 0 saturated carbocycles. The second-order valence-electron chi connectivity index (χ2n) is 6.49. The molecule has 0 atom stereocenters. The lowest BCUT2D eigenvalue weighted by Gasteiger charge is -2.19. The quantitative estimate of drug-likeness (QED) is 0.508. The van der Waals surface area contributed by atoms with E-state index in [1.165, 1.54) is 38.5 Å². The molecule has 148 valence electrons. The van der Waals surface area contributed by atoms with E-state index in [2.05, 4.69) is 6.58 Å². The topological polar surface area (TPSA) is 72.8 Å². The van der Waals surface area contributed by atoms with Crippen molar-refractivity contribution in [3.8, 4) is 11.5 Å². The van der Waals surface area contributed by atoms with Gasteiger partial charge in [-0.2, -0.15) is 0 Å². The van der Waals surface area contributed by atoms with Crippen LogP contribution in [0, 0.1) is 5.82 Å². The number of rotatable bonds is 9. The predicted molar refractivity (Wildman–Crippen MR) is 104 cm³/mol. The Kier molecular flexibility index (Phi) is 6.93. The number of allylic oxidation sites excluding steroid dienone is 1. The fourth-order valence-electron chi connectivity index (χ4n) is 2.99. The minimum absolute atomic E-state index is 0.0736. The van der Waals surface area contributed by atoms with Crippen LogP contribution in [-0.4, -0.2) is 31.1 Å². The van der Waals surface area contributed by atoms with Crippen molar-refractivity contribution >= 4 is 11.8 Å². The average molecular weight is 386 g/mol. The van der Waals surface area contributed by atoms with Crippen molar-refractivity contribution in [1.29, 1.82) is 0 Å². The third-order valence-corrected chi connectivity index (χ3v) is 4.38. The van der Waals surface area contributed by atoms with Gasteiger partial charge in [0, 0.05) is 17.5 Å². The molecule has 0 radical (unpaired) electrons. The first kappa shape index (κ1) is 21.2. The molecule has 0 fully saturated rings. The molecule has 2 aromatic rings. The maximum absolute atomic E-state index is 13.1. The monoisotopic (exact) mass is 386 g/mol. The molecule has 6 heteroatoms. The molecular formula is C22H23FO5. The highest BCUT2D eigenvalue weighted by Gasteiger charge is 2.25. The summed E-state index contributed by atoms with van der Waals surface area (Å²) in [6.07, 6.45) is 0.953. The number of carboxylic acids is 1. The molecule has 1 N–H and O–H groups in total. The number of halogens is 1. The van der Waals surface area contributed by atoms with Gasteiger partial charge in [-0.15, -0.1) is 6.58 Å². The van der Waals surface area contributed by atoms with Crippen molar-refractivity contribution in [3.05, 3.63) is 70.6 Å². The molecule has 0 aliphatic carbocycles. The number of carboxylic acid groups (broad SMARTS) is 1. The van der Waals surface area contributed by atoms with Gasteiger partial charge >= 0.3 is 5.97 Å². The molecule has 2 rings (SSSR count). The van der Waals surface area contributed by atoms with Crippen LogP contribution in [0.3, 0.4) is 0 Å². The van der Waals surface area contributed by atoms with Crippen LogP contribution in [0.5, 0.6) is 11.5 Å². The lowest BCUT2D eigenvalue weighted by atomic mass is 9.93. The molecule has 0 saturated heterocycles. The molecule has 5 nitrogen and oxygen atoms in total. The summed E-state index contributed by atoms with van der Waals surface area (Å²) in [4.78, 5) is 24.5. The SMILES string of the molecule is C=C(C)CCc1c(OC)cc(CC(=O)c2ccc(F)cc2)c(C(=O)O)c1OC. The number of carbonyl (C=O) groups excluding carboxylic acids is 1. The van der Waals surface area contributed by atoms with Crippen molar-refractivity contribution in [1.82, 2.24) is 0 Å². The number of ether oxygens (including phenoxy) is 2. The van der Waals surface area contributed by atoms with Gasteiger partial charge in [-0.3, -0.25) is 4.79 Å². The van der Waals surface area contributed by atoms with Gasteiger partial charge in [0.05, 0.1) is 14.2 Å². The number of methoxy groups -OCH3 is 2. The summed E-state index contributed by atoms with van der Waals surface area (Å²) in [6.45, 7) is 5.75. The van der Waals surface area contributed by atoms with Gasteiger partial charge in [-0.25, -0.2) is 9.18 Å². The number of hydrogen-bond acceptors (Lipinski definition) is 4. The Morgan fingerprint density at radius 3 is 2.29 bits per heavy atom. The third kappa shape index (κ3) is 4.76. The molecule has 2 aromatic carbocycles. The second-order valence-corrected chi connectivity index (χ2v) is 6.49. The third-order valence-electron chi connectivity index (χ3n) is 4.38. The molecule has 0 unspecified atom stereocenters. The smallest absolute Gasteiger partial charge is 0.339 e. The van der Waals surface area contributed by atoms with Gasteiger partial charge in [0.2, 0.25) is 0 Å². The Balaban J connectivity index is 2.53. The van der Waals surface area contributed by atoms with Crippen molar-refractivity contribution < 1.29 is 28.6 Å². The largest absolute Gasteiger partial charge is 0.496 e. The van der Waals surface area contributed by atoms with Crippen LogP contribution in [0.25, 0.3) is 0 Å². The zero-order chi connectivity index (χ0) is 20.8. The highest BCUT2D eigenvalue weighted by atomic mass is 19.1. The van der Waals surface area contributed by atoms with Gasteiger partial charge in [0.15, 0.2) is 5.78 Å². The number of benzene rings is 2. The summed E-state index contributed by atoms with van der Waals surface area (Å²) in [5.41, 5.74) is 2.05. The highest BCUT2D eigenvalue weighted by molar-refractivity contribution is 6.01. The molecule has 0 bridgehead atoms. The van der Waals surface area contributed by atoms with E-state index in [9.17, 15) is 19.1 Å². The molecule has 0 aromatic heterocycles. The number of hydrogen-bond donors (Lipinski definition) is 1. The van der Waals surface area contributed by atoms with Crippen LogP contribution in [0.15, 0.2) is 42.5 Å². The predicted octanol–water partition coefficient (Wildman–Crippen LogP) is 4.48. The summed E-state index contributed by atoms with van der Waals surface area (Å²) in [6, 6.07) is 6.67. The van der Waals surface area contributed by atoms with E-state index in [4.69, 9.17) is 9.47 Å². The molecule has 0 aliphatic heterocycles. The lowest BCUT2D eigenvalue weighted by Crippen LogP contribution is -2.13. The number of Topliss-reactive ketones (excluding diaryl/α,β-unsaturated/α-hetero) is 1. The molecule has 0 amide bonds. The average Bonchev–Trinajstić information content (AvgIpc) is 2.65. The first-order chi connectivity index (χ1) is 13.3. The Hall–Kier alpha value is -3.15. The number of aromatic carboxylic acids is 1. The number of ketones is 1. The summed E-state index contributed by atoms with van der Waals surface area (Å²) < 4.78 is 23.9. The first-order valence-electron chi connectivity index (χ1n) is 8.71. The second kappa shape index (κ2) is 9.17. The summed E-state index contributed by atoms with van der Waals surface area (Å²) in [7, 11) is 2.86. The Labute approximate surface area is 163 Å². The van der Waals surface area contributed by atoms with Crippen molar-refractivity contribution in [3.63, 3.8) is 0 Å². The van der Waals surface area contributed by atoms with Gasteiger partial charge < -0.3 is 14.6 Å². The van der Waals surface area contributed by atoms with E-state index >= 15 is 0 Å².